The van der Waals surface area contributed by atoms with Crippen LogP contribution >= 0.6 is 24.0 Å². The van der Waals surface area contributed by atoms with Crippen LogP contribution in [0.25, 0.3) is 0 Å². The Morgan fingerprint density at radius 1 is 1.04 bits per heavy atom. The average molecular weight is 497 g/mol. The Labute approximate surface area is 185 Å². The van der Waals surface area contributed by atoms with Crippen molar-refractivity contribution in [2.75, 3.05) is 33.3 Å². The molecule has 0 aliphatic heterocycles. The Bertz CT molecular complexity index is 675. The highest BCUT2D eigenvalue weighted by Gasteiger charge is 2.02. The van der Waals surface area contributed by atoms with Gasteiger partial charge in [0.25, 0.3) is 0 Å². The number of ether oxygens (including phenoxy) is 1. The summed E-state index contributed by atoms with van der Waals surface area (Å²) in [6.45, 7) is 9.45. The Kier molecular flexibility index (Phi) is 12.2. The summed E-state index contributed by atoms with van der Waals surface area (Å²) in [5.41, 5.74) is 2.15. The molecule has 1 heterocycles. The highest BCUT2D eigenvalue weighted by Crippen LogP contribution is 2.12. The summed E-state index contributed by atoms with van der Waals surface area (Å²) >= 11 is 0. The highest BCUT2D eigenvalue weighted by atomic mass is 127. The van der Waals surface area contributed by atoms with Crippen LogP contribution in [-0.2, 0) is 13.1 Å². The standard InChI is InChI=1S/C21H31N5O.HI/c1-4-26(5-2)14-15-27-20-11-9-18(10-12-20)16-24-21(22-3)25-17-19-8-6-7-13-23-19;/h6-13H,4-5,14-17H2,1-3H3,(H2,22,24,25);1H. The van der Waals surface area contributed by atoms with Gasteiger partial charge in [0.05, 0.1) is 12.2 Å². The van der Waals surface area contributed by atoms with Gasteiger partial charge in [-0.1, -0.05) is 32.0 Å². The average Bonchev–Trinajstić information content (AvgIpc) is 2.73. The largest absolute Gasteiger partial charge is 0.492 e. The molecule has 7 heteroatoms. The minimum Gasteiger partial charge on any atom is -0.492 e. The molecule has 1 aromatic heterocycles. The molecule has 0 spiro atoms. The van der Waals surface area contributed by atoms with Crippen molar-refractivity contribution in [2.24, 2.45) is 4.99 Å². The van der Waals surface area contributed by atoms with Crippen molar-refractivity contribution in [3.05, 3.63) is 59.9 Å². The molecule has 0 saturated heterocycles. The molecule has 0 fully saturated rings. The van der Waals surface area contributed by atoms with Gasteiger partial charge in [0.1, 0.15) is 12.4 Å². The van der Waals surface area contributed by atoms with E-state index in [0.717, 1.165) is 37.0 Å². The fourth-order valence-electron chi connectivity index (χ4n) is 2.62. The van der Waals surface area contributed by atoms with Crippen LogP contribution < -0.4 is 15.4 Å². The Morgan fingerprint density at radius 3 is 2.36 bits per heavy atom. The van der Waals surface area contributed by atoms with Crippen molar-refractivity contribution in [3.63, 3.8) is 0 Å². The third-order valence-electron chi connectivity index (χ3n) is 4.34. The molecule has 6 nitrogen and oxygen atoms in total. The molecule has 0 saturated carbocycles. The maximum atomic E-state index is 5.82. The lowest BCUT2D eigenvalue weighted by Crippen LogP contribution is -2.36. The normalized spacial score (nSPS) is 11.1. The molecule has 0 aliphatic rings. The predicted octanol–water partition coefficient (Wildman–Crippen LogP) is 3.29. The molecule has 2 N–H and O–H groups in total. The van der Waals surface area contributed by atoms with Crippen LogP contribution in [0, 0.1) is 0 Å². The minimum absolute atomic E-state index is 0. The smallest absolute Gasteiger partial charge is 0.191 e. The second kappa shape index (κ2) is 14.2. The van der Waals surface area contributed by atoms with Gasteiger partial charge >= 0.3 is 0 Å². The number of nitrogens with zero attached hydrogens (tertiary/aromatic N) is 3. The van der Waals surface area contributed by atoms with Gasteiger partial charge in [0.2, 0.25) is 0 Å². The van der Waals surface area contributed by atoms with E-state index in [1.165, 1.54) is 5.56 Å². The number of nitrogens with one attached hydrogen (secondary N) is 2. The number of aliphatic imine (C=N–C) groups is 1. The number of pyridine rings is 1. The van der Waals surface area contributed by atoms with E-state index in [9.17, 15) is 0 Å². The van der Waals surface area contributed by atoms with E-state index in [-0.39, 0.29) is 24.0 Å². The van der Waals surface area contributed by atoms with E-state index in [4.69, 9.17) is 4.74 Å². The van der Waals surface area contributed by atoms with E-state index >= 15 is 0 Å². The fraction of sp³-hybridized carbons (Fsp3) is 0.429. The molecule has 0 aliphatic carbocycles. The van der Waals surface area contributed by atoms with Crippen LogP contribution in [-0.4, -0.2) is 49.1 Å². The zero-order valence-corrected chi connectivity index (χ0v) is 19.3. The maximum absolute atomic E-state index is 5.82. The van der Waals surface area contributed by atoms with Crippen LogP contribution in [0.1, 0.15) is 25.1 Å². The summed E-state index contributed by atoms with van der Waals surface area (Å²) in [5, 5.41) is 6.58. The van der Waals surface area contributed by atoms with Gasteiger partial charge in [-0.25, -0.2) is 0 Å². The van der Waals surface area contributed by atoms with Crippen molar-refractivity contribution in [1.82, 2.24) is 20.5 Å². The highest BCUT2D eigenvalue weighted by molar-refractivity contribution is 14.0. The molecule has 28 heavy (non-hydrogen) atoms. The van der Waals surface area contributed by atoms with E-state index in [1.807, 2.05) is 30.3 Å². The third-order valence-corrected chi connectivity index (χ3v) is 4.34. The Morgan fingerprint density at radius 2 is 1.75 bits per heavy atom. The molecule has 0 atom stereocenters. The minimum atomic E-state index is 0. The first kappa shape index (κ1) is 24.2. The van der Waals surface area contributed by atoms with Crippen LogP contribution in [0.4, 0.5) is 0 Å². The quantitative estimate of drug-likeness (QED) is 0.300. The summed E-state index contributed by atoms with van der Waals surface area (Å²) in [6, 6.07) is 14.1. The van der Waals surface area contributed by atoms with E-state index in [2.05, 4.69) is 51.5 Å². The van der Waals surface area contributed by atoms with Gasteiger partial charge in [0, 0.05) is 26.3 Å². The summed E-state index contributed by atoms with van der Waals surface area (Å²) < 4.78 is 5.82. The molecule has 2 rings (SSSR count). The van der Waals surface area contributed by atoms with E-state index in [1.54, 1.807) is 13.2 Å². The number of hydrogen-bond acceptors (Lipinski definition) is 4. The van der Waals surface area contributed by atoms with Crippen LogP contribution in [0.3, 0.4) is 0 Å². The first-order chi connectivity index (χ1) is 13.2. The zero-order valence-electron chi connectivity index (χ0n) is 17.0. The number of halogens is 1. The van der Waals surface area contributed by atoms with Crippen molar-refractivity contribution in [1.29, 1.82) is 0 Å². The second-order valence-electron chi connectivity index (χ2n) is 6.12. The lowest BCUT2D eigenvalue weighted by Gasteiger charge is -2.18. The number of guanidine groups is 1. The van der Waals surface area contributed by atoms with Crippen molar-refractivity contribution >= 4 is 29.9 Å². The maximum Gasteiger partial charge on any atom is 0.191 e. The fourth-order valence-corrected chi connectivity index (χ4v) is 2.62. The molecule has 1 aromatic carbocycles. The van der Waals surface area contributed by atoms with Gasteiger partial charge < -0.3 is 20.3 Å². The molecule has 2 aromatic rings. The molecular formula is C21H32IN5O. The zero-order chi connectivity index (χ0) is 19.3. The van der Waals surface area contributed by atoms with Crippen LogP contribution in [0.5, 0.6) is 5.75 Å². The SMILES string of the molecule is CCN(CC)CCOc1ccc(CNC(=NC)NCc2ccccn2)cc1.I. The van der Waals surface area contributed by atoms with Crippen molar-refractivity contribution in [3.8, 4) is 5.75 Å². The topological polar surface area (TPSA) is 61.8 Å². The van der Waals surface area contributed by atoms with Crippen molar-refractivity contribution in [2.45, 2.75) is 26.9 Å². The summed E-state index contributed by atoms with van der Waals surface area (Å²) in [7, 11) is 1.76. The molecule has 0 unspecified atom stereocenters. The van der Waals surface area contributed by atoms with Crippen LogP contribution in [0.2, 0.25) is 0 Å². The number of likely N-dealkylation sites (N-methyl/N-ethyl adjacent to an activating group) is 1. The summed E-state index contributed by atoms with van der Waals surface area (Å²) in [4.78, 5) is 10.9. The van der Waals surface area contributed by atoms with E-state index in [0.29, 0.717) is 19.7 Å². The van der Waals surface area contributed by atoms with Gasteiger partial charge in [-0.05, 0) is 42.9 Å². The summed E-state index contributed by atoms with van der Waals surface area (Å²) in [5.74, 6) is 1.66. The first-order valence-electron chi connectivity index (χ1n) is 9.53. The number of aromatic nitrogens is 1. The number of hydrogen-bond donors (Lipinski definition) is 2. The van der Waals surface area contributed by atoms with Gasteiger partial charge in [-0.15, -0.1) is 24.0 Å². The lowest BCUT2D eigenvalue weighted by molar-refractivity contribution is 0.223. The van der Waals surface area contributed by atoms with E-state index < -0.39 is 0 Å². The molecular weight excluding hydrogens is 465 g/mol. The molecule has 0 radical (unpaired) electrons. The Balaban J connectivity index is 0.00000392. The number of benzene rings is 1. The van der Waals surface area contributed by atoms with Gasteiger partial charge in [-0.3, -0.25) is 9.98 Å². The molecule has 154 valence electrons. The van der Waals surface area contributed by atoms with Gasteiger partial charge in [0.15, 0.2) is 5.96 Å². The predicted molar refractivity (Wildman–Crippen MR) is 126 cm³/mol. The van der Waals surface area contributed by atoms with Crippen LogP contribution in [0.15, 0.2) is 53.7 Å². The van der Waals surface area contributed by atoms with Gasteiger partial charge in [-0.2, -0.15) is 0 Å². The monoisotopic (exact) mass is 497 g/mol. The second-order valence-corrected chi connectivity index (χ2v) is 6.12. The molecule has 0 bridgehead atoms. The summed E-state index contributed by atoms with van der Waals surface area (Å²) in [6.07, 6.45) is 1.79. The third kappa shape index (κ3) is 8.88. The van der Waals surface area contributed by atoms with Crippen molar-refractivity contribution < 1.29 is 4.74 Å². The first-order valence-corrected chi connectivity index (χ1v) is 9.53. The molecule has 0 amide bonds. The number of rotatable bonds is 10. The Hall–Kier alpha value is -1.87. The lowest BCUT2D eigenvalue weighted by atomic mass is 10.2.